The van der Waals surface area contributed by atoms with Gasteiger partial charge < -0.3 is 14.4 Å². The predicted octanol–water partition coefficient (Wildman–Crippen LogP) is 2.31. The first-order chi connectivity index (χ1) is 9.99. The van der Waals surface area contributed by atoms with Crippen LogP contribution in [0.1, 0.15) is 61.7 Å². The van der Waals surface area contributed by atoms with Gasteiger partial charge in [-0.25, -0.2) is 0 Å². The third-order valence-corrected chi connectivity index (χ3v) is 2.92. The Morgan fingerprint density at radius 1 is 1.29 bits per heavy atom. The number of amides is 1. The molecule has 0 radical (unpaired) electrons. The molecule has 7 nitrogen and oxygen atoms in total. The number of hydrogen-bond donors (Lipinski definition) is 1. The maximum absolute atomic E-state index is 12.1. The van der Waals surface area contributed by atoms with Crippen molar-refractivity contribution in [1.29, 1.82) is 0 Å². The van der Waals surface area contributed by atoms with Crippen molar-refractivity contribution in [2.45, 2.75) is 46.6 Å². The van der Waals surface area contributed by atoms with Crippen LogP contribution in [0.5, 0.6) is 0 Å². The summed E-state index contributed by atoms with van der Waals surface area (Å²) in [4.78, 5) is 16.3. The van der Waals surface area contributed by atoms with E-state index in [1.165, 1.54) is 0 Å². The summed E-state index contributed by atoms with van der Waals surface area (Å²) in [6, 6.07) is 1.28. The third-order valence-electron chi connectivity index (χ3n) is 2.92. The summed E-state index contributed by atoms with van der Waals surface area (Å²) < 4.78 is 10.2. The summed E-state index contributed by atoms with van der Waals surface area (Å²) in [5.41, 5.74) is 0.257. The Morgan fingerprint density at radius 3 is 2.67 bits per heavy atom. The maximum Gasteiger partial charge on any atom is 0.274 e. The van der Waals surface area contributed by atoms with Crippen LogP contribution in [0.15, 0.2) is 15.1 Å². The van der Waals surface area contributed by atoms with Gasteiger partial charge in [0.1, 0.15) is 11.8 Å². The average Bonchev–Trinajstić information content (AvgIpc) is 3.06. The van der Waals surface area contributed by atoms with Crippen LogP contribution in [0.3, 0.4) is 0 Å². The van der Waals surface area contributed by atoms with Gasteiger partial charge in [0.2, 0.25) is 5.89 Å². The molecule has 0 spiro atoms. The maximum atomic E-state index is 12.1. The molecule has 0 saturated heterocycles. The zero-order valence-corrected chi connectivity index (χ0v) is 12.7. The molecular weight excluding hydrogens is 272 g/mol. The first-order valence-electron chi connectivity index (χ1n) is 7.08. The Bertz CT molecular complexity index is 603. The highest BCUT2D eigenvalue weighted by Gasteiger charge is 2.19. The quantitative estimate of drug-likeness (QED) is 0.878. The van der Waals surface area contributed by atoms with Gasteiger partial charge in [-0.15, -0.1) is 0 Å². The Balaban J connectivity index is 1.98. The molecule has 2 rings (SSSR count). The molecule has 1 amide bonds. The van der Waals surface area contributed by atoms with Gasteiger partial charge in [0.05, 0.1) is 0 Å². The molecule has 114 valence electrons. The second-order valence-corrected chi connectivity index (χ2v) is 5.37. The molecule has 0 saturated carbocycles. The highest BCUT2D eigenvalue weighted by atomic mass is 16.5. The molecule has 2 aromatic heterocycles. The molecular formula is C14H20N4O3. The fraction of sp³-hybridized carbons (Fsp3) is 0.571. The molecule has 7 heteroatoms. The second-order valence-electron chi connectivity index (χ2n) is 5.37. The number of carbonyl (C=O) groups is 1. The molecule has 0 bridgehead atoms. The van der Waals surface area contributed by atoms with E-state index in [0.29, 0.717) is 29.8 Å². The van der Waals surface area contributed by atoms with Gasteiger partial charge in [0, 0.05) is 18.9 Å². The molecule has 0 unspecified atom stereocenters. The van der Waals surface area contributed by atoms with Crippen LogP contribution in [0.25, 0.3) is 0 Å². The predicted molar refractivity (Wildman–Crippen MR) is 74.6 cm³/mol. The molecule has 0 aromatic carbocycles. The summed E-state index contributed by atoms with van der Waals surface area (Å²) in [6.07, 6.45) is 1.44. The van der Waals surface area contributed by atoms with Gasteiger partial charge >= 0.3 is 0 Å². The van der Waals surface area contributed by atoms with Crippen LogP contribution < -0.4 is 5.32 Å². The molecule has 0 aliphatic heterocycles. The van der Waals surface area contributed by atoms with Crippen molar-refractivity contribution in [3.63, 3.8) is 0 Å². The van der Waals surface area contributed by atoms with Crippen molar-refractivity contribution in [1.82, 2.24) is 20.6 Å². The topological polar surface area (TPSA) is 94.1 Å². The van der Waals surface area contributed by atoms with Crippen LogP contribution >= 0.6 is 0 Å². The summed E-state index contributed by atoms with van der Waals surface area (Å²) in [6.45, 7) is 7.86. The minimum absolute atomic E-state index is 0.257. The first-order valence-corrected chi connectivity index (χ1v) is 7.08. The number of nitrogens with zero attached hydrogens (tertiary/aromatic N) is 3. The normalized spacial score (nSPS) is 12.6. The smallest absolute Gasteiger partial charge is 0.274 e. The standard InChI is InChI=1S/C14H20N4O3/c1-5-12-16-14(21-18-12)9(4)15-13(19)11-7-10(20-17-11)6-8(2)3/h7-9H,5-6H2,1-4H3,(H,15,19)/t9-/m0/s1. The zero-order valence-electron chi connectivity index (χ0n) is 12.7. The van der Waals surface area contributed by atoms with Crippen molar-refractivity contribution in [2.75, 3.05) is 0 Å². The van der Waals surface area contributed by atoms with Crippen molar-refractivity contribution in [3.8, 4) is 0 Å². The number of nitrogens with one attached hydrogen (secondary N) is 1. The minimum Gasteiger partial charge on any atom is -0.361 e. The minimum atomic E-state index is -0.379. The van der Waals surface area contributed by atoms with E-state index in [-0.39, 0.29) is 17.6 Å². The van der Waals surface area contributed by atoms with Crippen LogP contribution in [0.2, 0.25) is 0 Å². The Hall–Kier alpha value is -2.18. The van der Waals surface area contributed by atoms with Gasteiger partial charge in [0.25, 0.3) is 5.91 Å². The van der Waals surface area contributed by atoms with E-state index in [4.69, 9.17) is 9.05 Å². The highest BCUT2D eigenvalue weighted by molar-refractivity contribution is 5.92. The van der Waals surface area contributed by atoms with Gasteiger partial charge in [-0.2, -0.15) is 4.98 Å². The fourth-order valence-corrected chi connectivity index (χ4v) is 1.84. The Labute approximate surface area is 123 Å². The highest BCUT2D eigenvalue weighted by Crippen LogP contribution is 2.13. The van der Waals surface area contributed by atoms with E-state index in [1.54, 1.807) is 13.0 Å². The monoisotopic (exact) mass is 292 g/mol. The van der Waals surface area contributed by atoms with Gasteiger partial charge in [0.15, 0.2) is 11.5 Å². The van der Waals surface area contributed by atoms with E-state index in [2.05, 4.69) is 34.5 Å². The number of hydrogen-bond acceptors (Lipinski definition) is 6. The first kappa shape index (κ1) is 15.2. The Kier molecular flexibility index (Phi) is 4.72. The zero-order chi connectivity index (χ0) is 15.4. The van der Waals surface area contributed by atoms with Crippen molar-refractivity contribution in [3.05, 3.63) is 29.2 Å². The molecule has 0 aliphatic carbocycles. The molecule has 0 fully saturated rings. The lowest BCUT2D eigenvalue weighted by atomic mass is 10.1. The summed E-state index contributed by atoms with van der Waals surface area (Å²) >= 11 is 0. The molecule has 1 atom stereocenters. The molecule has 1 N–H and O–H groups in total. The van der Waals surface area contributed by atoms with Gasteiger partial charge in [-0.1, -0.05) is 31.1 Å². The summed E-state index contributed by atoms with van der Waals surface area (Å²) in [7, 11) is 0. The SMILES string of the molecule is CCc1noc([C@H](C)NC(=O)c2cc(CC(C)C)on2)n1. The van der Waals surface area contributed by atoms with E-state index in [1.807, 2.05) is 6.92 Å². The van der Waals surface area contributed by atoms with Crippen molar-refractivity contribution >= 4 is 5.91 Å². The van der Waals surface area contributed by atoms with Gasteiger partial charge in [-0.3, -0.25) is 4.79 Å². The second kappa shape index (κ2) is 6.51. The lowest BCUT2D eigenvalue weighted by Gasteiger charge is -2.07. The molecule has 0 aliphatic rings. The van der Waals surface area contributed by atoms with Crippen molar-refractivity contribution < 1.29 is 13.8 Å². The van der Waals surface area contributed by atoms with Crippen LogP contribution in [0.4, 0.5) is 0 Å². The third kappa shape index (κ3) is 3.90. The van der Waals surface area contributed by atoms with E-state index >= 15 is 0 Å². The number of aryl methyl sites for hydroxylation is 1. The van der Waals surface area contributed by atoms with E-state index < -0.39 is 0 Å². The van der Waals surface area contributed by atoms with Crippen LogP contribution in [-0.2, 0) is 12.8 Å². The van der Waals surface area contributed by atoms with E-state index in [9.17, 15) is 4.79 Å². The lowest BCUT2D eigenvalue weighted by molar-refractivity contribution is 0.0923. The lowest BCUT2D eigenvalue weighted by Crippen LogP contribution is -2.27. The average molecular weight is 292 g/mol. The Morgan fingerprint density at radius 2 is 2.05 bits per heavy atom. The molecule has 2 aromatic rings. The van der Waals surface area contributed by atoms with Crippen LogP contribution in [0, 0.1) is 5.92 Å². The fourth-order valence-electron chi connectivity index (χ4n) is 1.84. The van der Waals surface area contributed by atoms with Crippen LogP contribution in [-0.4, -0.2) is 21.2 Å². The van der Waals surface area contributed by atoms with E-state index in [0.717, 1.165) is 6.42 Å². The summed E-state index contributed by atoms with van der Waals surface area (Å²) in [5, 5.41) is 10.3. The molecule has 2 heterocycles. The molecule has 21 heavy (non-hydrogen) atoms. The van der Waals surface area contributed by atoms with Crippen molar-refractivity contribution in [2.24, 2.45) is 5.92 Å². The summed E-state index contributed by atoms with van der Waals surface area (Å²) in [5.74, 6) is 1.82. The van der Waals surface area contributed by atoms with Gasteiger partial charge in [-0.05, 0) is 12.8 Å². The number of aromatic nitrogens is 3. The largest absolute Gasteiger partial charge is 0.361 e. The number of carbonyl (C=O) groups excluding carboxylic acids is 1. The number of rotatable bonds is 6.